The van der Waals surface area contributed by atoms with Gasteiger partial charge in [-0.1, -0.05) is 78.4 Å². The van der Waals surface area contributed by atoms with Crippen LogP contribution in [-0.4, -0.2) is 22.3 Å². The van der Waals surface area contributed by atoms with Gasteiger partial charge < -0.3 is 4.74 Å². The van der Waals surface area contributed by atoms with Gasteiger partial charge in [0.1, 0.15) is 5.76 Å². The molecule has 0 fully saturated rings. The van der Waals surface area contributed by atoms with Gasteiger partial charge in [0, 0.05) is 34.0 Å². The van der Waals surface area contributed by atoms with E-state index in [-0.39, 0.29) is 0 Å². The molecule has 188 valence electrons. The van der Waals surface area contributed by atoms with Crippen LogP contribution >= 0.6 is 11.8 Å². The van der Waals surface area contributed by atoms with E-state index in [0.717, 1.165) is 50.7 Å². The van der Waals surface area contributed by atoms with Gasteiger partial charge in [0.15, 0.2) is 0 Å². The van der Waals surface area contributed by atoms with Crippen LogP contribution in [0.2, 0.25) is 0 Å². The predicted octanol–water partition coefficient (Wildman–Crippen LogP) is 8.71. The van der Waals surface area contributed by atoms with Crippen molar-refractivity contribution in [3.63, 3.8) is 0 Å². The number of rotatable bonds is 9. The van der Waals surface area contributed by atoms with Crippen LogP contribution in [0.4, 0.5) is 0 Å². The number of hydrogen-bond donors (Lipinski definition) is 0. The van der Waals surface area contributed by atoms with E-state index in [1.807, 2.05) is 55.7 Å². The van der Waals surface area contributed by atoms with E-state index in [1.165, 1.54) is 10.5 Å². The van der Waals surface area contributed by atoms with Crippen LogP contribution in [-0.2, 0) is 4.74 Å². The van der Waals surface area contributed by atoms with E-state index >= 15 is 0 Å². The Morgan fingerprint density at radius 3 is 1.74 bits per heavy atom. The van der Waals surface area contributed by atoms with E-state index in [1.54, 1.807) is 11.8 Å². The van der Waals surface area contributed by atoms with Crippen molar-refractivity contribution in [3.05, 3.63) is 144 Å². The highest BCUT2D eigenvalue weighted by Crippen LogP contribution is 2.33. The lowest BCUT2D eigenvalue weighted by Crippen LogP contribution is -2.02. The first-order valence-corrected chi connectivity index (χ1v) is 13.8. The summed E-state index contributed by atoms with van der Waals surface area (Å²) in [5.74, 6) is 1.70. The number of thioether (sulfide) groups is 1. The Hall–Kier alpha value is -4.15. The maximum absolute atomic E-state index is 6.33. The van der Waals surface area contributed by atoms with Gasteiger partial charge in [-0.25, -0.2) is 0 Å². The van der Waals surface area contributed by atoms with Gasteiger partial charge in [-0.15, -0.1) is 11.8 Å². The molecule has 0 saturated carbocycles. The summed E-state index contributed by atoms with van der Waals surface area (Å²) in [5.41, 5.74) is 8.69. The molecule has 0 radical (unpaired) electrons. The molecular formula is C34H30N2OS. The molecule has 0 saturated heterocycles. The Morgan fingerprint density at radius 2 is 1.26 bits per heavy atom. The Kier molecular flexibility index (Phi) is 8.32. The lowest BCUT2D eigenvalue weighted by Gasteiger charge is -2.18. The molecule has 0 atom stereocenters. The predicted molar refractivity (Wildman–Crippen MR) is 159 cm³/mol. The summed E-state index contributed by atoms with van der Waals surface area (Å²) in [6.07, 6.45) is 3.65. The highest BCUT2D eigenvalue weighted by atomic mass is 32.2. The summed E-state index contributed by atoms with van der Waals surface area (Å²) in [6.45, 7) is 4.77. The van der Waals surface area contributed by atoms with Crippen LogP contribution in [0.3, 0.4) is 0 Å². The zero-order chi connectivity index (χ0) is 26.2. The molecule has 5 aromatic rings. The normalized spacial score (nSPS) is 10.7. The molecule has 0 aliphatic heterocycles. The Balaban J connectivity index is 1.55. The number of nitrogens with zero attached hydrogens (tertiary/aromatic N) is 2. The van der Waals surface area contributed by atoms with Crippen LogP contribution < -0.4 is 0 Å². The van der Waals surface area contributed by atoms with Gasteiger partial charge in [0.05, 0.1) is 23.7 Å². The molecule has 4 heteroatoms. The second-order valence-corrected chi connectivity index (χ2v) is 9.97. The molecule has 0 spiro atoms. The van der Waals surface area contributed by atoms with Crippen molar-refractivity contribution in [1.82, 2.24) is 9.97 Å². The quantitative estimate of drug-likeness (QED) is 0.146. The second kappa shape index (κ2) is 12.4. The van der Waals surface area contributed by atoms with E-state index in [0.29, 0.717) is 6.61 Å². The summed E-state index contributed by atoms with van der Waals surface area (Å²) < 4.78 is 6.33. The van der Waals surface area contributed by atoms with Crippen LogP contribution in [0.1, 0.15) is 23.6 Å². The third-order valence-corrected chi connectivity index (χ3v) is 7.22. The number of hydrogen-bond acceptors (Lipinski definition) is 4. The molecule has 2 aromatic heterocycles. The topological polar surface area (TPSA) is 35.0 Å². The zero-order valence-corrected chi connectivity index (χ0v) is 22.5. The minimum Gasteiger partial charge on any atom is -0.497 e. The fourth-order valence-corrected chi connectivity index (χ4v) is 5.35. The van der Waals surface area contributed by atoms with Crippen molar-refractivity contribution in [1.29, 1.82) is 0 Å². The Morgan fingerprint density at radius 1 is 0.684 bits per heavy atom. The smallest absolute Gasteiger partial charge is 0.115 e. The lowest BCUT2D eigenvalue weighted by molar-refractivity contribution is 0.235. The van der Waals surface area contributed by atoms with E-state index in [2.05, 4.69) is 89.7 Å². The minimum absolute atomic E-state index is 0.602. The van der Waals surface area contributed by atoms with Crippen LogP contribution in [0.25, 0.3) is 28.1 Å². The first kappa shape index (κ1) is 25.5. The summed E-state index contributed by atoms with van der Waals surface area (Å²) in [5, 5.41) is 0. The van der Waals surface area contributed by atoms with Crippen LogP contribution in [0, 0.1) is 6.92 Å². The van der Waals surface area contributed by atoms with Crippen LogP contribution in [0.15, 0.2) is 132 Å². The molecule has 0 N–H and O–H groups in total. The number of benzene rings is 3. The number of pyridine rings is 2. The van der Waals surface area contributed by atoms with Crippen molar-refractivity contribution in [3.8, 4) is 22.5 Å². The standard InChI is InChI=1S/C34H30N2OS/c1-3-37-33(24-38-30-10-8-9-25(2)23-30)34(28-17-13-26(14-18-28)31-11-4-6-21-35-31)29-19-15-27(16-20-29)32-12-5-7-22-36-32/h4-23H,3,24H2,1-2H3. The molecule has 0 unspecified atom stereocenters. The highest BCUT2D eigenvalue weighted by molar-refractivity contribution is 7.99. The van der Waals surface area contributed by atoms with Gasteiger partial charge in [-0.2, -0.15) is 0 Å². The average molecular weight is 515 g/mol. The molecule has 38 heavy (non-hydrogen) atoms. The maximum atomic E-state index is 6.33. The Labute approximate surface area is 229 Å². The molecule has 0 aliphatic rings. The molecule has 3 aromatic carbocycles. The number of aromatic nitrogens is 2. The largest absolute Gasteiger partial charge is 0.497 e. The Bertz CT molecular complexity index is 1410. The summed E-state index contributed by atoms with van der Waals surface area (Å²) in [7, 11) is 0. The molecule has 0 aliphatic carbocycles. The average Bonchev–Trinajstić information content (AvgIpc) is 2.98. The lowest BCUT2D eigenvalue weighted by atomic mass is 9.94. The third-order valence-electron chi connectivity index (χ3n) is 6.23. The monoisotopic (exact) mass is 514 g/mol. The fraction of sp³-hybridized carbons (Fsp3) is 0.118. The van der Waals surface area contributed by atoms with Gasteiger partial charge in [0.2, 0.25) is 0 Å². The van der Waals surface area contributed by atoms with Gasteiger partial charge in [-0.05, 0) is 61.4 Å². The van der Waals surface area contributed by atoms with Crippen molar-refractivity contribution in [2.75, 3.05) is 12.4 Å². The molecule has 0 amide bonds. The molecular weight excluding hydrogens is 484 g/mol. The van der Waals surface area contributed by atoms with E-state index in [9.17, 15) is 0 Å². The number of ether oxygens (including phenoxy) is 1. The summed E-state index contributed by atoms with van der Waals surface area (Å²) in [4.78, 5) is 10.3. The molecule has 5 rings (SSSR count). The van der Waals surface area contributed by atoms with Gasteiger partial charge in [0.25, 0.3) is 0 Å². The SMILES string of the molecule is CCOC(CSc1cccc(C)c1)=C(c1ccc(-c2ccccn2)cc1)c1ccc(-c2ccccn2)cc1. The van der Waals surface area contributed by atoms with Crippen molar-refractivity contribution < 1.29 is 4.74 Å². The first-order chi connectivity index (χ1) is 18.7. The molecule has 2 heterocycles. The van der Waals surface area contributed by atoms with Crippen LogP contribution in [0.5, 0.6) is 0 Å². The van der Waals surface area contributed by atoms with E-state index < -0.39 is 0 Å². The van der Waals surface area contributed by atoms with Gasteiger partial charge in [-0.3, -0.25) is 9.97 Å². The first-order valence-electron chi connectivity index (χ1n) is 12.8. The molecule has 0 bridgehead atoms. The van der Waals surface area contributed by atoms with Crippen molar-refractivity contribution >= 4 is 17.3 Å². The zero-order valence-electron chi connectivity index (χ0n) is 21.7. The van der Waals surface area contributed by atoms with E-state index in [4.69, 9.17) is 4.74 Å². The fourth-order valence-electron chi connectivity index (χ4n) is 4.39. The van der Waals surface area contributed by atoms with Gasteiger partial charge >= 0.3 is 0 Å². The van der Waals surface area contributed by atoms with Crippen molar-refractivity contribution in [2.45, 2.75) is 18.7 Å². The maximum Gasteiger partial charge on any atom is 0.115 e. The number of aryl methyl sites for hydroxylation is 1. The second-order valence-electron chi connectivity index (χ2n) is 8.92. The molecule has 3 nitrogen and oxygen atoms in total. The summed E-state index contributed by atoms with van der Waals surface area (Å²) >= 11 is 1.80. The third kappa shape index (κ3) is 6.21. The van der Waals surface area contributed by atoms with Crippen molar-refractivity contribution in [2.24, 2.45) is 0 Å². The minimum atomic E-state index is 0.602. The summed E-state index contributed by atoms with van der Waals surface area (Å²) in [6, 6.07) is 37.8. The highest BCUT2D eigenvalue weighted by Gasteiger charge is 2.15.